The molecular formula is C13H19N3O2. The first-order chi connectivity index (χ1) is 8.61. The van der Waals surface area contributed by atoms with E-state index in [1.807, 2.05) is 0 Å². The number of nitrogens with one attached hydrogen (secondary N) is 1. The predicted octanol–water partition coefficient (Wildman–Crippen LogP) is 2.05. The van der Waals surface area contributed by atoms with Gasteiger partial charge in [-0.3, -0.25) is 0 Å². The van der Waals surface area contributed by atoms with Crippen LogP contribution in [0.5, 0.6) is 0 Å². The Hall–Kier alpha value is -1.78. The third kappa shape index (κ3) is 2.55. The van der Waals surface area contributed by atoms with Gasteiger partial charge in [0.1, 0.15) is 5.82 Å². The minimum absolute atomic E-state index is 0.337. The maximum absolute atomic E-state index is 11.7. The molecule has 0 radical (unpaired) electrons. The van der Waals surface area contributed by atoms with E-state index in [0.29, 0.717) is 29.7 Å². The molecule has 0 aliphatic heterocycles. The number of nitrogens with two attached hydrogens (primary N) is 1. The average Bonchev–Trinajstić information content (AvgIpc) is 2.30. The van der Waals surface area contributed by atoms with E-state index in [9.17, 15) is 4.79 Å². The van der Waals surface area contributed by atoms with Gasteiger partial charge < -0.3 is 15.8 Å². The van der Waals surface area contributed by atoms with Gasteiger partial charge in [-0.25, -0.2) is 9.78 Å². The first-order valence-corrected chi connectivity index (χ1v) is 6.30. The molecular weight excluding hydrogens is 230 g/mol. The second-order valence-electron chi connectivity index (χ2n) is 4.76. The van der Waals surface area contributed by atoms with Crippen molar-refractivity contribution in [2.75, 3.05) is 17.7 Å². The van der Waals surface area contributed by atoms with E-state index in [-0.39, 0.29) is 0 Å². The van der Waals surface area contributed by atoms with E-state index in [1.54, 1.807) is 19.2 Å². The summed E-state index contributed by atoms with van der Waals surface area (Å²) in [6.07, 6.45) is 3.81. The molecule has 5 heteroatoms. The van der Waals surface area contributed by atoms with Crippen molar-refractivity contribution in [1.82, 2.24) is 4.98 Å². The van der Waals surface area contributed by atoms with Gasteiger partial charge >= 0.3 is 5.97 Å². The van der Waals surface area contributed by atoms with Crippen LogP contribution < -0.4 is 11.1 Å². The molecule has 0 bridgehead atoms. The van der Waals surface area contributed by atoms with Gasteiger partial charge in [-0.2, -0.15) is 0 Å². The number of aromatic nitrogens is 1. The Morgan fingerprint density at radius 1 is 1.61 bits per heavy atom. The fourth-order valence-electron chi connectivity index (χ4n) is 2.19. The molecule has 1 heterocycles. The molecule has 1 saturated carbocycles. The van der Waals surface area contributed by atoms with E-state index in [2.05, 4.69) is 17.2 Å². The van der Waals surface area contributed by atoms with Crippen LogP contribution in [0.2, 0.25) is 0 Å². The predicted molar refractivity (Wildman–Crippen MR) is 70.4 cm³/mol. The molecule has 98 valence electrons. The monoisotopic (exact) mass is 249 g/mol. The highest BCUT2D eigenvalue weighted by Crippen LogP contribution is 2.31. The molecule has 0 atom stereocenters. The molecule has 0 spiro atoms. The van der Waals surface area contributed by atoms with Crippen LogP contribution >= 0.6 is 0 Å². The summed E-state index contributed by atoms with van der Waals surface area (Å²) in [5.41, 5.74) is 6.70. The number of esters is 1. The number of nitrogens with zero attached hydrogens (tertiary/aromatic N) is 1. The van der Waals surface area contributed by atoms with E-state index >= 15 is 0 Å². The van der Waals surface area contributed by atoms with Crippen LogP contribution in [0.3, 0.4) is 0 Å². The van der Waals surface area contributed by atoms with Gasteiger partial charge in [0.05, 0.1) is 17.9 Å². The Labute approximate surface area is 107 Å². The molecule has 3 N–H and O–H groups in total. The third-order valence-electron chi connectivity index (χ3n) is 3.20. The number of pyridine rings is 1. The zero-order valence-electron chi connectivity index (χ0n) is 10.8. The maximum Gasteiger partial charge on any atom is 0.340 e. The Balaban J connectivity index is 2.11. The number of rotatable bonds is 4. The van der Waals surface area contributed by atoms with Crippen molar-refractivity contribution in [2.24, 2.45) is 5.92 Å². The minimum atomic E-state index is -0.401. The zero-order valence-corrected chi connectivity index (χ0v) is 10.8. The van der Waals surface area contributed by atoms with Crippen molar-refractivity contribution >= 4 is 17.5 Å². The maximum atomic E-state index is 11.7. The van der Waals surface area contributed by atoms with Gasteiger partial charge in [-0.15, -0.1) is 0 Å². The van der Waals surface area contributed by atoms with Crippen LogP contribution in [-0.2, 0) is 4.74 Å². The van der Waals surface area contributed by atoms with Gasteiger partial charge in [0.2, 0.25) is 0 Å². The molecule has 0 aromatic carbocycles. The van der Waals surface area contributed by atoms with Crippen LogP contribution in [0, 0.1) is 5.92 Å². The van der Waals surface area contributed by atoms with E-state index in [1.165, 1.54) is 0 Å². The van der Waals surface area contributed by atoms with Crippen LogP contribution in [0.25, 0.3) is 0 Å². The van der Waals surface area contributed by atoms with Crippen molar-refractivity contribution in [3.05, 3.63) is 17.8 Å². The highest BCUT2D eigenvalue weighted by Gasteiger charge is 2.26. The van der Waals surface area contributed by atoms with Crippen LogP contribution in [0.1, 0.15) is 37.0 Å². The molecule has 1 aliphatic carbocycles. The van der Waals surface area contributed by atoms with Crippen LogP contribution in [0.15, 0.2) is 12.3 Å². The van der Waals surface area contributed by atoms with Gasteiger partial charge in [0.25, 0.3) is 0 Å². The summed E-state index contributed by atoms with van der Waals surface area (Å²) >= 11 is 0. The first kappa shape index (κ1) is 12.7. The molecule has 0 amide bonds. The molecule has 2 rings (SSSR count). The van der Waals surface area contributed by atoms with E-state index in [0.717, 1.165) is 18.8 Å². The first-order valence-electron chi connectivity index (χ1n) is 6.30. The Morgan fingerprint density at radius 3 is 2.94 bits per heavy atom. The van der Waals surface area contributed by atoms with Crippen molar-refractivity contribution < 1.29 is 9.53 Å². The second kappa shape index (κ2) is 5.25. The number of anilines is 2. The lowest BCUT2D eigenvalue weighted by atomic mass is 9.82. The largest absolute Gasteiger partial charge is 0.462 e. The lowest BCUT2D eigenvalue weighted by Crippen LogP contribution is -2.34. The number of hydrogen-bond donors (Lipinski definition) is 2. The van der Waals surface area contributed by atoms with Crippen LogP contribution in [-0.4, -0.2) is 23.6 Å². The van der Waals surface area contributed by atoms with Crippen molar-refractivity contribution in [1.29, 1.82) is 0 Å². The molecule has 1 fully saturated rings. The average molecular weight is 249 g/mol. The second-order valence-corrected chi connectivity index (χ2v) is 4.76. The molecule has 1 aromatic heterocycles. The standard InChI is InChI=1S/C13H19N3O2/c1-3-18-13(17)10-4-5-15-12(11(10)14)16-9-6-8(2)7-9/h4-5,8-9H,3,6-7,14H2,1-2H3,(H,15,16). The smallest absolute Gasteiger partial charge is 0.340 e. The molecule has 0 saturated heterocycles. The van der Waals surface area contributed by atoms with Gasteiger partial charge in [0, 0.05) is 12.2 Å². The lowest BCUT2D eigenvalue weighted by Gasteiger charge is -2.34. The Kier molecular flexibility index (Phi) is 3.69. The summed E-state index contributed by atoms with van der Waals surface area (Å²) in [6, 6.07) is 1.99. The van der Waals surface area contributed by atoms with Crippen molar-refractivity contribution in [2.45, 2.75) is 32.7 Å². The number of nitrogen functional groups attached to an aromatic ring is 1. The number of hydrogen-bond acceptors (Lipinski definition) is 5. The highest BCUT2D eigenvalue weighted by atomic mass is 16.5. The van der Waals surface area contributed by atoms with Crippen molar-refractivity contribution in [3.63, 3.8) is 0 Å². The summed E-state index contributed by atoms with van der Waals surface area (Å²) in [7, 11) is 0. The Bertz CT molecular complexity index is 442. The van der Waals surface area contributed by atoms with Crippen LogP contribution in [0.4, 0.5) is 11.5 Å². The van der Waals surface area contributed by atoms with Crippen molar-refractivity contribution in [3.8, 4) is 0 Å². The number of carbonyl (C=O) groups excluding carboxylic acids is 1. The SMILES string of the molecule is CCOC(=O)c1ccnc(NC2CC(C)C2)c1N. The summed E-state index contributed by atoms with van der Waals surface area (Å²) in [6.45, 7) is 4.32. The fourth-order valence-corrected chi connectivity index (χ4v) is 2.19. The summed E-state index contributed by atoms with van der Waals surface area (Å²) in [5, 5.41) is 3.27. The molecule has 0 unspecified atom stereocenters. The summed E-state index contributed by atoms with van der Waals surface area (Å²) in [5.74, 6) is 0.928. The third-order valence-corrected chi connectivity index (χ3v) is 3.20. The molecule has 1 aliphatic rings. The molecule has 5 nitrogen and oxygen atoms in total. The van der Waals surface area contributed by atoms with E-state index in [4.69, 9.17) is 10.5 Å². The van der Waals surface area contributed by atoms with Gasteiger partial charge in [0.15, 0.2) is 0 Å². The zero-order chi connectivity index (χ0) is 13.1. The highest BCUT2D eigenvalue weighted by molar-refractivity contribution is 5.97. The van der Waals surface area contributed by atoms with E-state index < -0.39 is 5.97 Å². The topological polar surface area (TPSA) is 77.2 Å². The fraction of sp³-hybridized carbons (Fsp3) is 0.538. The molecule has 18 heavy (non-hydrogen) atoms. The number of ether oxygens (including phenoxy) is 1. The quantitative estimate of drug-likeness (QED) is 0.798. The normalized spacial score (nSPS) is 22.1. The lowest BCUT2D eigenvalue weighted by molar-refractivity contribution is 0.0527. The number of carbonyl (C=O) groups is 1. The summed E-state index contributed by atoms with van der Waals surface area (Å²) in [4.78, 5) is 15.9. The molecule has 1 aromatic rings. The Morgan fingerprint density at radius 2 is 2.33 bits per heavy atom. The minimum Gasteiger partial charge on any atom is -0.462 e. The van der Waals surface area contributed by atoms with Gasteiger partial charge in [-0.1, -0.05) is 6.92 Å². The van der Waals surface area contributed by atoms with Gasteiger partial charge in [-0.05, 0) is 31.7 Å². The summed E-state index contributed by atoms with van der Waals surface area (Å²) < 4.78 is 4.95.